The summed E-state index contributed by atoms with van der Waals surface area (Å²) in [4.78, 5) is 0. The molecule has 0 radical (unpaired) electrons. The second kappa shape index (κ2) is 19.7. The van der Waals surface area contributed by atoms with E-state index in [0.29, 0.717) is 105 Å². The second-order valence-corrected chi connectivity index (χ2v) is 10.5. The third kappa shape index (κ3) is 13.6. The van der Waals surface area contributed by atoms with Crippen molar-refractivity contribution in [2.45, 2.75) is 20.8 Å². The Kier molecular flexibility index (Phi) is 16.4. The minimum atomic E-state index is 0.335. The number of ether oxygens (including phenoxy) is 8. The molecule has 0 unspecified atom stereocenters. The average molecular weight is 599 g/mol. The minimum absolute atomic E-state index is 0.335. The van der Waals surface area contributed by atoms with Gasteiger partial charge >= 0.3 is 0 Å². The van der Waals surface area contributed by atoms with Crippen LogP contribution in [0.1, 0.15) is 36.1 Å². The largest absolute Gasteiger partial charge is 0.494 e. The van der Waals surface area contributed by atoms with E-state index in [0.717, 1.165) is 11.3 Å². The highest BCUT2D eigenvalue weighted by molar-refractivity contribution is 5.61. The van der Waals surface area contributed by atoms with Crippen molar-refractivity contribution in [3.8, 4) is 46.7 Å². The van der Waals surface area contributed by atoms with Crippen LogP contribution >= 0.6 is 0 Å². The third-order valence-electron chi connectivity index (χ3n) is 5.69. The van der Waals surface area contributed by atoms with Crippen molar-refractivity contribution < 1.29 is 42.4 Å². The fourth-order valence-electron chi connectivity index (χ4n) is 3.63. The number of aryl methyl sites for hydroxylation is 1. The fourth-order valence-corrected chi connectivity index (χ4v) is 3.63. The first-order valence-corrected chi connectivity index (χ1v) is 14.4. The van der Waals surface area contributed by atoms with Gasteiger partial charge in [0, 0.05) is 26.4 Å². The van der Waals surface area contributed by atoms with Gasteiger partial charge in [-0.15, -0.1) is 5.92 Å². The van der Waals surface area contributed by atoms with E-state index in [-0.39, 0.29) is 0 Å². The van der Waals surface area contributed by atoms with Gasteiger partial charge < -0.3 is 37.9 Å². The van der Waals surface area contributed by atoms with Gasteiger partial charge in [-0.1, -0.05) is 17.8 Å². The first-order valence-electron chi connectivity index (χ1n) is 14.4. The minimum Gasteiger partial charge on any atom is -0.494 e. The Morgan fingerprint density at radius 2 is 1.05 bits per heavy atom. The van der Waals surface area contributed by atoms with Crippen LogP contribution in [0.3, 0.4) is 0 Å². The summed E-state index contributed by atoms with van der Waals surface area (Å²) in [5.74, 6) is 15.3. The number of benzene rings is 2. The second-order valence-electron chi connectivity index (χ2n) is 10.5. The molecule has 0 aliphatic carbocycles. The number of methoxy groups -OCH3 is 2. The van der Waals surface area contributed by atoms with Crippen molar-refractivity contribution >= 4 is 0 Å². The van der Waals surface area contributed by atoms with E-state index in [9.17, 15) is 0 Å². The zero-order chi connectivity index (χ0) is 31.5. The van der Waals surface area contributed by atoms with Crippen LogP contribution in [0.25, 0.3) is 0 Å². The van der Waals surface area contributed by atoms with Crippen LogP contribution in [0, 0.1) is 30.6 Å². The maximum atomic E-state index is 6.20. The van der Waals surface area contributed by atoms with Gasteiger partial charge in [-0.25, -0.2) is 0 Å². The zero-order valence-corrected chi connectivity index (χ0v) is 27.1. The number of quaternary nitrogens is 1. The van der Waals surface area contributed by atoms with E-state index < -0.39 is 0 Å². The smallest absolute Gasteiger partial charge is 0.223 e. The molecule has 0 heterocycles. The van der Waals surface area contributed by atoms with Crippen molar-refractivity contribution in [3.05, 3.63) is 46.5 Å². The van der Waals surface area contributed by atoms with Crippen LogP contribution < -0.4 is 18.9 Å². The summed E-state index contributed by atoms with van der Waals surface area (Å²) in [6, 6.07) is 7.60. The highest BCUT2D eigenvalue weighted by Crippen LogP contribution is 2.31. The Balaban J connectivity index is 2.48. The molecule has 0 fully saturated rings. The van der Waals surface area contributed by atoms with Crippen LogP contribution in [-0.4, -0.2) is 106 Å². The highest BCUT2D eigenvalue weighted by Gasteiger charge is 2.14. The molecule has 0 bridgehead atoms. The number of hydrogen-bond donors (Lipinski definition) is 0. The lowest BCUT2D eigenvalue weighted by molar-refractivity contribution is -0.886. The summed E-state index contributed by atoms with van der Waals surface area (Å²) in [5.41, 5.74) is 3.03. The van der Waals surface area contributed by atoms with Crippen LogP contribution in [0.15, 0.2) is 24.3 Å². The van der Waals surface area contributed by atoms with E-state index in [4.69, 9.17) is 37.9 Å². The Labute approximate surface area is 257 Å². The molecule has 43 heavy (non-hydrogen) atoms. The standard InChI is InChI=1S/C34H48NO8/c1-9-11-28-24-34(42-21-19-39-17-15-37-8)30(25-33(28)41-20-18-38-16-14-36-7)13-12-29-23-31(40-10-2)27(3)22-32(29)43-26-35(4,5)6/h22-25H,10,14-21,26H2,1-8H3/q+1. The van der Waals surface area contributed by atoms with Gasteiger partial charge in [0.1, 0.15) is 36.2 Å². The predicted molar refractivity (Wildman–Crippen MR) is 167 cm³/mol. The van der Waals surface area contributed by atoms with Gasteiger partial charge in [-0.3, -0.25) is 4.48 Å². The molecule has 0 atom stereocenters. The molecule has 0 saturated carbocycles. The molecule has 9 heteroatoms. The summed E-state index contributed by atoms with van der Waals surface area (Å²) in [7, 11) is 9.49. The topological polar surface area (TPSA) is 73.8 Å². The summed E-state index contributed by atoms with van der Waals surface area (Å²) in [6.07, 6.45) is 0. The van der Waals surface area contributed by atoms with E-state index in [1.807, 2.05) is 38.1 Å². The van der Waals surface area contributed by atoms with Gasteiger partial charge in [0.05, 0.1) is 84.1 Å². The van der Waals surface area contributed by atoms with E-state index in [2.05, 4.69) is 44.8 Å². The molecule has 2 aromatic carbocycles. The van der Waals surface area contributed by atoms with Crippen LogP contribution in [0.4, 0.5) is 0 Å². The quantitative estimate of drug-likeness (QED) is 0.103. The summed E-state index contributed by atoms with van der Waals surface area (Å²) in [6.45, 7) is 10.3. The Morgan fingerprint density at radius 3 is 1.51 bits per heavy atom. The summed E-state index contributed by atoms with van der Waals surface area (Å²) in [5, 5.41) is 0. The van der Waals surface area contributed by atoms with Crippen molar-refractivity contribution in [3.63, 3.8) is 0 Å². The Bertz CT molecular complexity index is 1250. The third-order valence-corrected chi connectivity index (χ3v) is 5.69. The van der Waals surface area contributed by atoms with Gasteiger partial charge in [0.2, 0.25) is 6.73 Å². The van der Waals surface area contributed by atoms with Gasteiger partial charge in [-0.05, 0) is 38.5 Å². The maximum absolute atomic E-state index is 6.20. The lowest BCUT2D eigenvalue weighted by Crippen LogP contribution is -2.38. The van der Waals surface area contributed by atoms with Gasteiger partial charge in [-0.2, -0.15) is 0 Å². The summed E-state index contributed by atoms with van der Waals surface area (Å²) < 4.78 is 46.1. The predicted octanol–water partition coefficient (Wildman–Crippen LogP) is 4.29. The number of hydrogen-bond acceptors (Lipinski definition) is 8. The lowest BCUT2D eigenvalue weighted by Gasteiger charge is -2.24. The molecular weight excluding hydrogens is 550 g/mol. The van der Waals surface area contributed by atoms with Gasteiger partial charge in [0.15, 0.2) is 0 Å². The molecule has 0 saturated heterocycles. The molecule has 0 amide bonds. The fraction of sp³-hybridized carbons (Fsp3) is 0.529. The van der Waals surface area contributed by atoms with E-state index in [1.54, 1.807) is 21.1 Å². The SMILES string of the molecule is CC#Cc1cc(OCCOCCOC)c(C#Cc2cc(OCC)c(C)cc2OC[N+](C)(C)C)cc1OCCOCCOC. The molecule has 0 N–H and O–H groups in total. The number of nitrogens with zero attached hydrogens (tertiary/aromatic N) is 1. The molecule has 236 valence electrons. The molecule has 0 aliphatic rings. The van der Waals surface area contributed by atoms with Crippen LogP contribution in [0.5, 0.6) is 23.0 Å². The first-order chi connectivity index (χ1) is 20.7. The van der Waals surface area contributed by atoms with Crippen LogP contribution in [-0.2, 0) is 18.9 Å². The molecule has 2 rings (SSSR count). The average Bonchev–Trinajstić information content (AvgIpc) is 2.97. The molecule has 2 aromatic rings. The molecule has 9 nitrogen and oxygen atoms in total. The van der Waals surface area contributed by atoms with Crippen molar-refractivity contribution in [2.75, 3.05) is 102 Å². The maximum Gasteiger partial charge on any atom is 0.223 e. The first kappa shape index (κ1) is 35.8. The zero-order valence-electron chi connectivity index (χ0n) is 27.1. The van der Waals surface area contributed by atoms with E-state index >= 15 is 0 Å². The lowest BCUT2D eigenvalue weighted by atomic mass is 10.1. The van der Waals surface area contributed by atoms with Crippen LogP contribution in [0.2, 0.25) is 0 Å². The molecule has 0 aliphatic heterocycles. The Morgan fingerprint density at radius 1 is 0.581 bits per heavy atom. The summed E-state index contributed by atoms with van der Waals surface area (Å²) >= 11 is 0. The Hall–Kier alpha value is -3.44. The van der Waals surface area contributed by atoms with Gasteiger partial charge in [0.25, 0.3) is 0 Å². The number of rotatable bonds is 19. The molecular formula is C34H48NO8+. The van der Waals surface area contributed by atoms with E-state index in [1.165, 1.54) is 0 Å². The molecule has 0 spiro atoms. The van der Waals surface area contributed by atoms with Crippen molar-refractivity contribution in [1.29, 1.82) is 0 Å². The highest BCUT2D eigenvalue weighted by atomic mass is 16.5. The monoisotopic (exact) mass is 598 g/mol. The van der Waals surface area contributed by atoms with Crippen molar-refractivity contribution in [1.82, 2.24) is 0 Å². The normalized spacial score (nSPS) is 10.8. The van der Waals surface area contributed by atoms with Crippen molar-refractivity contribution in [2.24, 2.45) is 0 Å². The molecule has 0 aromatic heterocycles.